The molecule has 1 aromatic carbocycles. The minimum absolute atomic E-state index is 0.0214. The molecule has 0 bridgehead atoms. The first-order chi connectivity index (χ1) is 10.2. The van der Waals surface area contributed by atoms with Gasteiger partial charge in [0.15, 0.2) is 11.6 Å². The lowest BCUT2D eigenvalue weighted by molar-refractivity contribution is 0.337. The van der Waals surface area contributed by atoms with Crippen LogP contribution >= 0.6 is 0 Å². The van der Waals surface area contributed by atoms with E-state index in [4.69, 9.17) is 0 Å². The highest BCUT2D eigenvalue weighted by Gasteiger charge is 2.16. The van der Waals surface area contributed by atoms with Crippen LogP contribution < -0.4 is 0 Å². The van der Waals surface area contributed by atoms with Crippen LogP contribution in [0.4, 0.5) is 13.2 Å². The molecule has 1 aromatic heterocycles. The minimum Gasteiger partial charge on any atom is -0.344 e. The first-order valence-corrected chi connectivity index (χ1v) is 8.73. The fraction of sp³-hybridized carbons (Fsp3) is 0.429. The van der Waals surface area contributed by atoms with E-state index in [0.717, 1.165) is 6.26 Å². The Morgan fingerprint density at radius 2 is 1.86 bits per heavy atom. The zero-order valence-electron chi connectivity index (χ0n) is 12.3. The summed E-state index contributed by atoms with van der Waals surface area (Å²) in [6.07, 6.45) is 2.64. The molecule has 0 radical (unpaired) electrons. The van der Waals surface area contributed by atoms with Crippen LogP contribution in [0.5, 0.6) is 0 Å². The van der Waals surface area contributed by atoms with Crippen molar-refractivity contribution in [2.75, 3.05) is 32.1 Å². The molecule has 22 heavy (non-hydrogen) atoms. The lowest BCUT2D eigenvalue weighted by atomic mass is 10.2. The summed E-state index contributed by atoms with van der Waals surface area (Å²) in [5.41, 5.74) is -0.117. The Morgan fingerprint density at radius 1 is 1.18 bits per heavy atom. The monoisotopic (exact) mass is 334 g/mol. The van der Waals surface area contributed by atoms with Gasteiger partial charge in [0, 0.05) is 43.5 Å². The van der Waals surface area contributed by atoms with Gasteiger partial charge in [-0.25, -0.2) is 21.6 Å². The number of benzene rings is 1. The summed E-state index contributed by atoms with van der Waals surface area (Å²) in [7, 11) is -1.32. The molecule has 8 heteroatoms. The zero-order chi connectivity index (χ0) is 16.5. The molecule has 4 nitrogen and oxygen atoms in total. The second-order valence-corrected chi connectivity index (χ2v) is 7.62. The van der Waals surface area contributed by atoms with Crippen molar-refractivity contribution >= 4 is 20.7 Å². The average Bonchev–Trinajstić information content (AvgIpc) is 2.84. The third kappa shape index (κ3) is 3.80. The van der Waals surface area contributed by atoms with Gasteiger partial charge in [-0.3, -0.25) is 0 Å². The number of aromatic nitrogens is 1. The number of hydrogen-bond donors (Lipinski definition) is 0. The second-order valence-electron chi connectivity index (χ2n) is 5.36. The van der Waals surface area contributed by atoms with E-state index in [1.165, 1.54) is 16.8 Å². The quantitative estimate of drug-likeness (QED) is 0.759. The molecule has 0 amide bonds. The van der Waals surface area contributed by atoms with Crippen molar-refractivity contribution in [2.24, 2.45) is 0 Å². The third-order valence-electron chi connectivity index (χ3n) is 3.46. The molecule has 1 heterocycles. The Balaban J connectivity index is 2.13. The van der Waals surface area contributed by atoms with Crippen molar-refractivity contribution in [1.82, 2.24) is 9.47 Å². The van der Waals surface area contributed by atoms with Crippen molar-refractivity contribution in [3.63, 3.8) is 0 Å². The van der Waals surface area contributed by atoms with Crippen molar-refractivity contribution in [2.45, 2.75) is 6.54 Å². The predicted octanol–water partition coefficient (Wildman–Crippen LogP) is 2.04. The van der Waals surface area contributed by atoms with Crippen LogP contribution in [0.1, 0.15) is 0 Å². The maximum atomic E-state index is 13.8. The highest BCUT2D eigenvalue weighted by Crippen LogP contribution is 2.24. The molecule has 0 aliphatic rings. The molecule has 0 N–H and O–H groups in total. The van der Waals surface area contributed by atoms with E-state index < -0.39 is 27.3 Å². The number of likely N-dealkylation sites (N-methyl/N-ethyl adjacent to an activating group) is 1. The summed E-state index contributed by atoms with van der Waals surface area (Å²) in [5, 5.41) is 0.0256. The highest BCUT2D eigenvalue weighted by molar-refractivity contribution is 7.90. The molecule has 0 fully saturated rings. The Hall–Kier alpha value is -1.54. The van der Waals surface area contributed by atoms with Crippen molar-refractivity contribution in [3.8, 4) is 0 Å². The molecule has 0 aliphatic carbocycles. The number of nitrogens with zero attached hydrogens (tertiary/aromatic N) is 2. The number of rotatable bonds is 6. The Morgan fingerprint density at radius 3 is 2.50 bits per heavy atom. The van der Waals surface area contributed by atoms with Gasteiger partial charge in [0.1, 0.15) is 15.7 Å². The van der Waals surface area contributed by atoms with E-state index in [-0.39, 0.29) is 16.7 Å². The third-order valence-corrected chi connectivity index (χ3v) is 4.38. The van der Waals surface area contributed by atoms with Gasteiger partial charge in [-0.05, 0) is 13.1 Å². The number of halogens is 3. The first-order valence-electron chi connectivity index (χ1n) is 6.67. The van der Waals surface area contributed by atoms with Gasteiger partial charge in [0.2, 0.25) is 0 Å². The summed E-state index contributed by atoms with van der Waals surface area (Å²) in [6, 6.07) is 1.92. The topological polar surface area (TPSA) is 42.3 Å². The smallest absolute Gasteiger partial charge is 0.183 e. The molecule has 0 saturated heterocycles. The molecule has 2 rings (SSSR count). The molecule has 0 unspecified atom stereocenters. The molecule has 0 spiro atoms. The number of fused-ring (bicyclic) bond motifs is 1. The van der Waals surface area contributed by atoms with Crippen LogP contribution in [0.2, 0.25) is 0 Å². The van der Waals surface area contributed by atoms with E-state index in [0.29, 0.717) is 25.7 Å². The second kappa shape index (κ2) is 6.29. The summed E-state index contributed by atoms with van der Waals surface area (Å²) in [6.45, 7) is 1.06. The number of hydrogen-bond acceptors (Lipinski definition) is 3. The molecule has 0 atom stereocenters. The van der Waals surface area contributed by atoms with Crippen LogP contribution in [-0.2, 0) is 16.4 Å². The average molecular weight is 334 g/mol. The fourth-order valence-corrected chi connectivity index (χ4v) is 2.82. The Labute approximate surface area is 127 Å². The van der Waals surface area contributed by atoms with Gasteiger partial charge in [0.25, 0.3) is 0 Å². The Kier molecular flexibility index (Phi) is 4.81. The SMILES string of the molecule is CN(CCn1ccc2c(F)cc(F)c(F)c21)CCS(C)(=O)=O. The zero-order valence-corrected chi connectivity index (χ0v) is 13.1. The van der Waals surface area contributed by atoms with Crippen LogP contribution in [0.15, 0.2) is 18.3 Å². The largest absolute Gasteiger partial charge is 0.344 e. The van der Waals surface area contributed by atoms with Crippen LogP contribution in [-0.4, -0.2) is 50.0 Å². The van der Waals surface area contributed by atoms with Crippen LogP contribution in [0.3, 0.4) is 0 Å². The van der Waals surface area contributed by atoms with E-state index >= 15 is 0 Å². The van der Waals surface area contributed by atoms with E-state index in [9.17, 15) is 21.6 Å². The highest BCUT2D eigenvalue weighted by atomic mass is 32.2. The summed E-state index contributed by atoms with van der Waals surface area (Å²) >= 11 is 0. The minimum atomic E-state index is -3.05. The van der Waals surface area contributed by atoms with E-state index in [1.807, 2.05) is 0 Å². The van der Waals surface area contributed by atoms with E-state index in [1.54, 1.807) is 11.9 Å². The van der Waals surface area contributed by atoms with Gasteiger partial charge >= 0.3 is 0 Å². The van der Waals surface area contributed by atoms with E-state index in [2.05, 4.69) is 0 Å². The van der Waals surface area contributed by atoms with Crippen LogP contribution in [0.25, 0.3) is 10.9 Å². The van der Waals surface area contributed by atoms with Crippen molar-refractivity contribution < 1.29 is 21.6 Å². The first kappa shape index (κ1) is 16.8. The number of sulfone groups is 1. The van der Waals surface area contributed by atoms with Gasteiger partial charge in [-0.2, -0.15) is 0 Å². The fourth-order valence-electron chi connectivity index (χ4n) is 2.17. The molecule has 0 saturated carbocycles. The molecular formula is C14H17F3N2O2S. The molecule has 0 aliphatic heterocycles. The lowest BCUT2D eigenvalue weighted by Crippen LogP contribution is -2.28. The predicted molar refractivity (Wildman–Crippen MR) is 79.0 cm³/mol. The lowest BCUT2D eigenvalue weighted by Gasteiger charge is -2.17. The van der Waals surface area contributed by atoms with Gasteiger partial charge in [0.05, 0.1) is 11.3 Å². The van der Waals surface area contributed by atoms with Gasteiger partial charge in [-0.15, -0.1) is 0 Å². The van der Waals surface area contributed by atoms with Gasteiger partial charge in [-0.1, -0.05) is 0 Å². The van der Waals surface area contributed by atoms with Crippen molar-refractivity contribution in [3.05, 3.63) is 35.8 Å². The molecular weight excluding hydrogens is 317 g/mol. The Bertz CT molecular complexity index is 787. The summed E-state index contributed by atoms with van der Waals surface area (Å²) in [4.78, 5) is 1.76. The maximum Gasteiger partial charge on any atom is 0.183 e. The normalized spacial score (nSPS) is 12.5. The summed E-state index contributed by atoms with van der Waals surface area (Å²) < 4.78 is 64.4. The van der Waals surface area contributed by atoms with Crippen LogP contribution in [0, 0.1) is 17.5 Å². The summed E-state index contributed by atoms with van der Waals surface area (Å²) in [5.74, 6) is -3.10. The maximum absolute atomic E-state index is 13.8. The molecule has 2 aromatic rings. The van der Waals surface area contributed by atoms with Crippen molar-refractivity contribution in [1.29, 1.82) is 0 Å². The standard InChI is InChI=1S/C14H17F3N2O2S/c1-18(7-8-22(2,20)21)5-6-19-4-3-10-11(15)9-12(16)13(17)14(10)19/h3-4,9H,5-8H2,1-2H3. The molecule has 122 valence electrons. The van der Waals surface area contributed by atoms with Gasteiger partial charge < -0.3 is 9.47 Å².